The fourth-order valence-electron chi connectivity index (χ4n) is 0. The summed E-state index contributed by atoms with van der Waals surface area (Å²) in [5.41, 5.74) is 8.94. The van der Waals surface area contributed by atoms with Gasteiger partial charge in [-0.15, -0.1) is 0 Å². The van der Waals surface area contributed by atoms with Gasteiger partial charge in [0, 0.05) is 0 Å². The summed E-state index contributed by atoms with van der Waals surface area (Å²) in [7, 11) is 0. The van der Waals surface area contributed by atoms with Crippen molar-refractivity contribution in [1.29, 1.82) is 5.41 Å². The van der Waals surface area contributed by atoms with Crippen molar-refractivity contribution in [2.75, 3.05) is 0 Å². The van der Waals surface area contributed by atoms with E-state index in [-0.39, 0.29) is 5.96 Å². The fraction of sp³-hybridized carbons (Fsp3) is 0. The Morgan fingerprint density at radius 3 is 1.38 bits per heavy atom. The van der Waals surface area contributed by atoms with Crippen molar-refractivity contribution in [3.63, 3.8) is 0 Å². The quantitative estimate of drug-likeness (QED) is 0.223. The Bertz CT molecular complexity index is 70.5. The van der Waals surface area contributed by atoms with Gasteiger partial charge in [-0.05, 0) is 6.16 Å². The summed E-state index contributed by atoms with van der Waals surface area (Å²) in [6.07, 6.45) is -2.33. The lowest BCUT2D eigenvalue weighted by molar-refractivity contribution is -0.415. The lowest BCUT2D eigenvalue weighted by Gasteiger charge is -1.96. The largest absolute Gasteiger partial charge is 0.652 e. The molecule has 5 N–H and O–H groups in total. The van der Waals surface area contributed by atoms with Gasteiger partial charge >= 0.3 is 0 Å². The van der Waals surface area contributed by atoms with Gasteiger partial charge < -0.3 is 26.5 Å². The summed E-state index contributed by atoms with van der Waals surface area (Å²) in [6, 6.07) is 0. The molecular formula is C2H5N3O3-2. The van der Waals surface area contributed by atoms with Crippen LogP contribution in [0.1, 0.15) is 0 Å². The van der Waals surface area contributed by atoms with Crippen molar-refractivity contribution in [1.82, 2.24) is 0 Å². The maximum Gasteiger partial charge on any atom is 0.183 e. The molecule has 0 saturated carbocycles. The molecule has 0 saturated heterocycles. The van der Waals surface area contributed by atoms with E-state index < -0.39 is 6.16 Å². The van der Waals surface area contributed by atoms with E-state index in [0.717, 1.165) is 0 Å². The summed E-state index contributed by atoms with van der Waals surface area (Å²) in [4.78, 5) is 8.33. The number of hydrogen-bond acceptors (Lipinski definition) is 4. The Kier molecular flexibility index (Phi) is 6.74. The van der Waals surface area contributed by atoms with E-state index in [2.05, 4.69) is 11.5 Å². The van der Waals surface area contributed by atoms with E-state index >= 15 is 0 Å². The Labute approximate surface area is 45.2 Å². The molecule has 0 unspecified atom stereocenters. The zero-order valence-electron chi connectivity index (χ0n) is 3.88. The molecule has 0 aromatic heterocycles. The third kappa shape index (κ3) is 26.7. The molecule has 0 bridgehead atoms. The van der Waals surface area contributed by atoms with Gasteiger partial charge in [-0.25, -0.2) is 0 Å². The third-order valence-electron chi connectivity index (χ3n) is 0. The van der Waals surface area contributed by atoms with Crippen LogP contribution in [-0.4, -0.2) is 12.1 Å². The minimum Gasteiger partial charge on any atom is -0.652 e. The summed E-state index contributed by atoms with van der Waals surface area (Å²) < 4.78 is 0. The van der Waals surface area contributed by atoms with E-state index in [0.29, 0.717) is 0 Å². The molecule has 0 aliphatic carbocycles. The van der Waals surface area contributed by atoms with Gasteiger partial charge in [0.2, 0.25) is 0 Å². The van der Waals surface area contributed by atoms with Gasteiger partial charge in [0.15, 0.2) is 5.96 Å². The average molecular weight is 119 g/mol. The van der Waals surface area contributed by atoms with E-state index in [4.69, 9.17) is 20.4 Å². The first-order valence-corrected chi connectivity index (χ1v) is 1.44. The number of rotatable bonds is 0. The number of hydrogen-bond donors (Lipinski definition) is 3. The van der Waals surface area contributed by atoms with Gasteiger partial charge in [-0.1, -0.05) is 0 Å². The highest BCUT2D eigenvalue weighted by Crippen LogP contribution is 1.21. The van der Waals surface area contributed by atoms with Crippen molar-refractivity contribution in [2.45, 2.75) is 0 Å². The summed E-state index contributed by atoms with van der Waals surface area (Å²) >= 11 is 0. The number of carboxylic acid groups (broad SMARTS) is 2. The van der Waals surface area contributed by atoms with Gasteiger partial charge in [0.1, 0.15) is 0 Å². The van der Waals surface area contributed by atoms with Crippen LogP contribution in [0.3, 0.4) is 0 Å². The van der Waals surface area contributed by atoms with E-state index in [1.54, 1.807) is 0 Å². The summed E-state index contributed by atoms with van der Waals surface area (Å²) in [5.74, 6) is -0.333. The highest BCUT2D eigenvalue weighted by Gasteiger charge is 1.52. The minimum absolute atomic E-state index is 0.333. The van der Waals surface area contributed by atoms with Crippen LogP contribution in [0, 0.1) is 5.41 Å². The highest BCUT2D eigenvalue weighted by molar-refractivity contribution is 5.71. The molecule has 6 heteroatoms. The third-order valence-corrected chi connectivity index (χ3v) is 0. The minimum atomic E-state index is -2.33. The molecule has 0 amide bonds. The van der Waals surface area contributed by atoms with Crippen molar-refractivity contribution in [2.24, 2.45) is 11.5 Å². The van der Waals surface area contributed by atoms with Crippen molar-refractivity contribution >= 4 is 12.1 Å². The summed E-state index contributed by atoms with van der Waals surface area (Å²) in [5, 5.41) is 22.7. The van der Waals surface area contributed by atoms with Crippen molar-refractivity contribution < 1.29 is 15.0 Å². The number of nitrogens with two attached hydrogens (primary N) is 2. The maximum atomic E-state index is 8.33. The molecular weight excluding hydrogens is 114 g/mol. The van der Waals surface area contributed by atoms with Crippen LogP contribution in [-0.2, 0) is 0 Å². The first-order valence-electron chi connectivity index (χ1n) is 1.44. The Hall–Kier alpha value is -1.46. The van der Waals surface area contributed by atoms with Gasteiger partial charge in [-0.3, -0.25) is 5.41 Å². The normalized spacial score (nSPS) is 6.00. The SMILES string of the molecule is N=C(N)N.O=C([O-])[O-]. The van der Waals surface area contributed by atoms with Crippen LogP contribution in [0.5, 0.6) is 0 Å². The van der Waals surface area contributed by atoms with E-state index in [1.165, 1.54) is 0 Å². The molecule has 0 aliphatic rings. The molecule has 0 heterocycles. The van der Waals surface area contributed by atoms with Crippen LogP contribution >= 0.6 is 0 Å². The Morgan fingerprint density at radius 2 is 1.38 bits per heavy atom. The lowest BCUT2D eigenvalue weighted by Crippen LogP contribution is -2.37. The number of guanidine groups is 1. The topological polar surface area (TPSA) is 139 Å². The molecule has 0 fully saturated rings. The Morgan fingerprint density at radius 1 is 1.38 bits per heavy atom. The molecule has 0 spiro atoms. The van der Waals surface area contributed by atoms with Crippen molar-refractivity contribution in [3.8, 4) is 0 Å². The zero-order chi connectivity index (χ0) is 7.15. The van der Waals surface area contributed by atoms with Crippen LogP contribution < -0.4 is 21.7 Å². The van der Waals surface area contributed by atoms with Gasteiger partial charge in [0.05, 0.1) is 0 Å². The smallest absolute Gasteiger partial charge is 0.183 e. The molecule has 48 valence electrons. The monoisotopic (exact) mass is 119 g/mol. The standard InChI is InChI=1S/CH5N3.CH2O3/c2*2-1(3)4/h(H5,2,3,4);(H2,2,3,4)/p-2. The molecule has 0 atom stereocenters. The summed E-state index contributed by atoms with van der Waals surface area (Å²) in [6.45, 7) is 0. The number of carbonyl (C=O) groups excluding carboxylic acids is 1. The van der Waals surface area contributed by atoms with Crippen LogP contribution in [0.4, 0.5) is 4.79 Å². The first kappa shape index (κ1) is 9.74. The van der Waals surface area contributed by atoms with Crippen LogP contribution in [0.25, 0.3) is 0 Å². The van der Waals surface area contributed by atoms with Crippen molar-refractivity contribution in [3.05, 3.63) is 0 Å². The fourth-order valence-corrected chi connectivity index (χ4v) is 0. The first-order chi connectivity index (χ1) is 3.46. The predicted molar refractivity (Wildman–Crippen MR) is 21.5 cm³/mol. The van der Waals surface area contributed by atoms with E-state index in [9.17, 15) is 0 Å². The highest BCUT2D eigenvalue weighted by atomic mass is 16.6. The molecule has 0 aromatic carbocycles. The molecule has 0 aliphatic heterocycles. The van der Waals surface area contributed by atoms with Crippen LogP contribution in [0.15, 0.2) is 0 Å². The lowest BCUT2D eigenvalue weighted by atomic mass is 11.1. The second kappa shape index (κ2) is 5.54. The maximum absolute atomic E-state index is 8.33. The Balaban J connectivity index is 0. The second-order valence-electron chi connectivity index (χ2n) is 0.705. The molecule has 8 heavy (non-hydrogen) atoms. The van der Waals surface area contributed by atoms with Gasteiger partial charge in [-0.2, -0.15) is 0 Å². The zero-order valence-corrected chi connectivity index (χ0v) is 3.88. The van der Waals surface area contributed by atoms with Crippen LogP contribution in [0.2, 0.25) is 0 Å². The predicted octanol–water partition coefficient (Wildman–Crippen LogP) is -3.61. The second-order valence-corrected chi connectivity index (χ2v) is 0.705. The number of nitrogens with one attached hydrogen (secondary N) is 1. The average Bonchev–Trinajstić information content (AvgIpc) is 1.25. The van der Waals surface area contributed by atoms with Gasteiger partial charge in [0.25, 0.3) is 0 Å². The molecule has 6 nitrogen and oxygen atoms in total. The molecule has 0 rings (SSSR count). The molecule has 0 radical (unpaired) electrons. The number of carbonyl (C=O) groups is 1. The molecule has 0 aromatic rings. The van der Waals surface area contributed by atoms with E-state index in [1.807, 2.05) is 0 Å².